The Labute approximate surface area is 208 Å². The molecule has 1 saturated carbocycles. The van der Waals surface area contributed by atoms with Gasteiger partial charge in [0, 0.05) is 32.6 Å². The van der Waals surface area contributed by atoms with Crippen LogP contribution in [0, 0.1) is 0 Å². The summed E-state index contributed by atoms with van der Waals surface area (Å²) in [5, 5.41) is 3.08. The van der Waals surface area contributed by atoms with Gasteiger partial charge in [0.05, 0.1) is 14.2 Å². The van der Waals surface area contributed by atoms with Crippen molar-refractivity contribution in [2.45, 2.75) is 63.6 Å². The Bertz CT molecular complexity index is 1020. The minimum absolute atomic E-state index is 0.0158. The summed E-state index contributed by atoms with van der Waals surface area (Å²) in [7, 11) is 5.13. The van der Waals surface area contributed by atoms with Crippen LogP contribution in [0.1, 0.15) is 48.8 Å². The van der Waals surface area contributed by atoms with E-state index < -0.39 is 6.04 Å². The van der Waals surface area contributed by atoms with Crippen molar-refractivity contribution in [3.05, 3.63) is 59.2 Å². The Morgan fingerprint density at radius 2 is 1.69 bits per heavy atom. The molecule has 0 saturated heterocycles. The van der Waals surface area contributed by atoms with Gasteiger partial charge in [-0.3, -0.25) is 4.79 Å². The van der Waals surface area contributed by atoms with Crippen LogP contribution in [0.5, 0.6) is 11.5 Å². The lowest BCUT2D eigenvalue weighted by atomic mass is 9.93. The van der Waals surface area contributed by atoms with Crippen molar-refractivity contribution in [2.75, 3.05) is 27.8 Å². The van der Waals surface area contributed by atoms with Gasteiger partial charge in [-0.1, -0.05) is 49.6 Å². The highest BCUT2D eigenvalue weighted by molar-refractivity contribution is 5.87. The fraction of sp³-hybridized carbons (Fsp3) is 0.500. The van der Waals surface area contributed by atoms with Crippen LogP contribution in [-0.2, 0) is 24.2 Å². The summed E-state index contributed by atoms with van der Waals surface area (Å²) in [4.78, 5) is 30.6. The second-order valence-corrected chi connectivity index (χ2v) is 9.58. The molecule has 0 radical (unpaired) electrons. The van der Waals surface area contributed by atoms with Crippen molar-refractivity contribution in [1.82, 2.24) is 15.1 Å². The fourth-order valence-corrected chi connectivity index (χ4v) is 5.24. The van der Waals surface area contributed by atoms with Crippen LogP contribution in [0.25, 0.3) is 0 Å². The average Bonchev–Trinajstić information content (AvgIpc) is 2.91. The van der Waals surface area contributed by atoms with E-state index in [1.165, 1.54) is 6.42 Å². The van der Waals surface area contributed by atoms with Crippen molar-refractivity contribution in [2.24, 2.45) is 0 Å². The Kier molecular flexibility index (Phi) is 8.16. The molecule has 7 nitrogen and oxygen atoms in total. The summed E-state index contributed by atoms with van der Waals surface area (Å²) in [6.45, 7) is 1.05. The Hall–Kier alpha value is -3.22. The first-order chi connectivity index (χ1) is 17.0. The molecule has 1 aliphatic carbocycles. The quantitative estimate of drug-likeness (QED) is 0.647. The van der Waals surface area contributed by atoms with Crippen LogP contribution in [0.4, 0.5) is 4.79 Å². The van der Waals surface area contributed by atoms with Gasteiger partial charge < -0.3 is 24.6 Å². The maximum Gasteiger partial charge on any atom is 0.318 e. The minimum Gasteiger partial charge on any atom is -0.493 e. The zero-order valence-corrected chi connectivity index (χ0v) is 21.1. The van der Waals surface area contributed by atoms with E-state index in [0.717, 1.165) is 48.8 Å². The van der Waals surface area contributed by atoms with Crippen LogP contribution < -0.4 is 14.8 Å². The van der Waals surface area contributed by atoms with Crippen LogP contribution in [0.3, 0.4) is 0 Å². The third kappa shape index (κ3) is 5.89. The smallest absolute Gasteiger partial charge is 0.318 e. The van der Waals surface area contributed by atoms with E-state index in [9.17, 15) is 9.59 Å². The predicted molar refractivity (Wildman–Crippen MR) is 136 cm³/mol. The minimum atomic E-state index is -0.608. The number of methoxy groups -OCH3 is 2. The van der Waals surface area contributed by atoms with Gasteiger partial charge in [-0.2, -0.15) is 0 Å². The Morgan fingerprint density at radius 1 is 1.03 bits per heavy atom. The molecule has 1 fully saturated rings. The second kappa shape index (κ2) is 11.5. The summed E-state index contributed by atoms with van der Waals surface area (Å²) < 4.78 is 10.9. The van der Waals surface area contributed by atoms with Crippen molar-refractivity contribution >= 4 is 11.9 Å². The molecule has 1 atom stereocenters. The SMILES string of the molecule is COc1cc2c(cc1OC)CN(C(=O)N[C@@H](Cc1ccccc1)C(=O)N(C)C1CCCCC1)CC2. The highest BCUT2D eigenvalue weighted by atomic mass is 16.5. The molecule has 0 spiro atoms. The number of hydrogen-bond acceptors (Lipinski definition) is 4. The first-order valence-electron chi connectivity index (χ1n) is 12.6. The molecular formula is C28H37N3O4. The van der Waals surface area contributed by atoms with Crippen LogP contribution in [0.15, 0.2) is 42.5 Å². The highest BCUT2D eigenvalue weighted by Crippen LogP contribution is 2.33. The largest absolute Gasteiger partial charge is 0.493 e. The lowest BCUT2D eigenvalue weighted by Crippen LogP contribution is -2.55. The number of likely N-dealkylation sites (N-methyl/N-ethyl adjacent to an activating group) is 1. The molecule has 0 unspecified atom stereocenters. The molecule has 35 heavy (non-hydrogen) atoms. The molecule has 2 aromatic carbocycles. The number of nitrogens with zero attached hydrogens (tertiary/aromatic N) is 2. The number of ether oxygens (including phenoxy) is 2. The first-order valence-corrected chi connectivity index (χ1v) is 12.6. The number of carbonyl (C=O) groups excluding carboxylic acids is 2. The molecule has 0 aromatic heterocycles. The summed E-state index contributed by atoms with van der Waals surface area (Å²) in [5.74, 6) is 1.33. The predicted octanol–water partition coefficient (Wildman–Crippen LogP) is 4.17. The number of rotatable bonds is 7. The number of hydrogen-bond donors (Lipinski definition) is 1. The fourth-order valence-electron chi connectivity index (χ4n) is 5.24. The van der Waals surface area contributed by atoms with Gasteiger partial charge in [-0.25, -0.2) is 4.79 Å². The Balaban J connectivity index is 1.49. The van der Waals surface area contributed by atoms with E-state index in [0.29, 0.717) is 31.0 Å². The molecule has 0 bridgehead atoms. The molecule has 1 heterocycles. The molecule has 2 aromatic rings. The molecule has 2 aliphatic rings. The van der Waals surface area contributed by atoms with E-state index in [1.54, 1.807) is 19.1 Å². The van der Waals surface area contributed by atoms with Gasteiger partial charge in [0.1, 0.15) is 6.04 Å². The molecule has 188 valence electrons. The van der Waals surface area contributed by atoms with Crippen molar-refractivity contribution in [3.8, 4) is 11.5 Å². The number of fused-ring (bicyclic) bond motifs is 1. The highest BCUT2D eigenvalue weighted by Gasteiger charge is 2.31. The maximum atomic E-state index is 13.6. The first kappa shape index (κ1) is 24.9. The van der Waals surface area contributed by atoms with Gasteiger partial charge >= 0.3 is 6.03 Å². The molecule has 1 N–H and O–H groups in total. The van der Waals surface area contributed by atoms with Crippen LogP contribution in [0.2, 0.25) is 0 Å². The summed E-state index contributed by atoms with van der Waals surface area (Å²) in [6, 6.07) is 13.3. The van der Waals surface area contributed by atoms with E-state index in [-0.39, 0.29) is 18.0 Å². The standard InChI is InChI=1S/C28H37N3O4/c1-30(23-12-8-5-9-13-23)27(32)24(16-20-10-6-4-7-11-20)29-28(33)31-15-14-21-17-25(34-2)26(35-3)18-22(21)19-31/h4,6-7,10-11,17-18,23-24H,5,8-9,12-16,19H2,1-3H3,(H,29,33)/t24-/m0/s1. The molecule has 7 heteroatoms. The van der Waals surface area contributed by atoms with Gasteiger partial charge in [0.2, 0.25) is 5.91 Å². The lowest BCUT2D eigenvalue weighted by molar-refractivity contribution is -0.134. The molecular weight excluding hydrogens is 442 g/mol. The lowest BCUT2D eigenvalue weighted by Gasteiger charge is -2.35. The van der Waals surface area contributed by atoms with E-state index in [2.05, 4.69) is 5.32 Å². The number of amides is 3. The van der Waals surface area contributed by atoms with Gasteiger partial charge in [0.25, 0.3) is 0 Å². The number of nitrogens with one attached hydrogen (secondary N) is 1. The Morgan fingerprint density at radius 3 is 2.34 bits per heavy atom. The third-order valence-electron chi connectivity index (χ3n) is 7.35. The van der Waals surface area contributed by atoms with Crippen molar-refractivity contribution < 1.29 is 19.1 Å². The molecule has 3 amide bonds. The van der Waals surface area contributed by atoms with Crippen LogP contribution in [-0.4, -0.2) is 61.6 Å². The second-order valence-electron chi connectivity index (χ2n) is 9.58. The average molecular weight is 480 g/mol. The normalized spacial score (nSPS) is 16.7. The zero-order valence-electron chi connectivity index (χ0n) is 21.1. The number of benzene rings is 2. The van der Waals surface area contributed by atoms with Gasteiger partial charge in [-0.05, 0) is 48.1 Å². The topological polar surface area (TPSA) is 71.1 Å². The van der Waals surface area contributed by atoms with Crippen molar-refractivity contribution in [3.63, 3.8) is 0 Å². The van der Waals surface area contributed by atoms with E-state index in [4.69, 9.17) is 9.47 Å². The third-order valence-corrected chi connectivity index (χ3v) is 7.35. The number of urea groups is 1. The van der Waals surface area contributed by atoms with Crippen molar-refractivity contribution in [1.29, 1.82) is 0 Å². The zero-order chi connectivity index (χ0) is 24.8. The summed E-state index contributed by atoms with van der Waals surface area (Å²) in [6.07, 6.45) is 6.79. The molecule has 4 rings (SSSR count). The monoisotopic (exact) mass is 479 g/mol. The van der Waals surface area contributed by atoms with Crippen LogP contribution >= 0.6 is 0 Å². The summed E-state index contributed by atoms with van der Waals surface area (Å²) in [5.41, 5.74) is 3.22. The van der Waals surface area contributed by atoms with E-state index >= 15 is 0 Å². The van der Waals surface area contributed by atoms with E-state index in [1.807, 2.05) is 54.4 Å². The van der Waals surface area contributed by atoms with Gasteiger partial charge in [0.15, 0.2) is 11.5 Å². The molecule has 1 aliphatic heterocycles. The van der Waals surface area contributed by atoms with Gasteiger partial charge in [-0.15, -0.1) is 0 Å². The number of carbonyl (C=O) groups is 2. The maximum absolute atomic E-state index is 13.6. The summed E-state index contributed by atoms with van der Waals surface area (Å²) >= 11 is 0.